The van der Waals surface area contributed by atoms with Crippen molar-refractivity contribution in [3.8, 4) is 11.8 Å². The summed E-state index contributed by atoms with van der Waals surface area (Å²) in [5, 5.41) is 20.0. The van der Waals surface area contributed by atoms with Crippen LogP contribution in [0.5, 0.6) is 5.75 Å². The predicted octanol–water partition coefficient (Wildman–Crippen LogP) is 4.06. The van der Waals surface area contributed by atoms with Crippen LogP contribution >= 0.6 is 0 Å². The van der Waals surface area contributed by atoms with Gasteiger partial charge in [-0.05, 0) is 24.6 Å². The van der Waals surface area contributed by atoms with Gasteiger partial charge in [0.05, 0.1) is 23.1 Å². The van der Waals surface area contributed by atoms with Gasteiger partial charge in [-0.1, -0.05) is 30.3 Å². The second-order valence-corrected chi connectivity index (χ2v) is 5.93. The summed E-state index contributed by atoms with van der Waals surface area (Å²) < 4.78 is 6.00. The second kappa shape index (κ2) is 10.6. The Bertz CT molecular complexity index is 789. The van der Waals surface area contributed by atoms with E-state index in [4.69, 9.17) is 10.00 Å². The van der Waals surface area contributed by atoms with Crippen LogP contribution < -0.4 is 15.6 Å². The first kappa shape index (κ1) is 19.9. The molecule has 0 aliphatic carbocycles. The lowest BCUT2D eigenvalue weighted by atomic mass is 9.96. The minimum atomic E-state index is -0.442. The van der Waals surface area contributed by atoms with Gasteiger partial charge in [-0.15, -0.1) is 6.58 Å². The molecular weight excluding hydrogens is 344 g/mol. The highest BCUT2D eigenvalue weighted by atomic mass is 16.6. The Morgan fingerprint density at radius 3 is 2.70 bits per heavy atom. The maximum Gasteiger partial charge on any atom is 0.271 e. The fourth-order valence-electron chi connectivity index (χ4n) is 2.63. The molecule has 0 radical (unpaired) electrons. The number of nitrogens with zero attached hydrogens (tertiary/aromatic N) is 2. The molecule has 2 aromatic rings. The predicted molar refractivity (Wildman–Crippen MR) is 104 cm³/mol. The first-order chi connectivity index (χ1) is 13.1. The quantitative estimate of drug-likeness (QED) is 0.353. The molecule has 140 valence electrons. The summed E-state index contributed by atoms with van der Waals surface area (Å²) in [6, 6.07) is 17.8. The van der Waals surface area contributed by atoms with Crippen LogP contribution in [0.2, 0.25) is 0 Å². The molecular formula is C20H22N4O3. The third kappa shape index (κ3) is 6.45. The average Bonchev–Trinajstić information content (AvgIpc) is 2.68. The molecule has 2 N–H and O–H groups in total. The highest BCUT2D eigenvalue weighted by molar-refractivity contribution is 5.50. The maximum absolute atomic E-state index is 10.9. The van der Waals surface area contributed by atoms with Gasteiger partial charge < -0.3 is 10.2 Å². The van der Waals surface area contributed by atoms with Crippen molar-refractivity contribution < 1.29 is 9.66 Å². The van der Waals surface area contributed by atoms with E-state index in [1.54, 1.807) is 18.2 Å². The largest absolute Gasteiger partial charge is 0.489 e. The summed E-state index contributed by atoms with van der Waals surface area (Å²) in [5.74, 6) is 0.701. The van der Waals surface area contributed by atoms with Gasteiger partial charge in [0.15, 0.2) is 0 Å². The van der Waals surface area contributed by atoms with Crippen molar-refractivity contribution in [2.45, 2.75) is 18.9 Å². The van der Waals surface area contributed by atoms with Gasteiger partial charge in [-0.25, -0.2) is 5.43 Å². The molecule has 0 fully saturated rings. The van der Waals surface area contributed by atoms with E-state index in [9.17, 15) is 10.1 Å². The summed E-state index contributed by atoms with van der Waals surface area (Å²) in [6.45, 7) is 4.28. The molecule has 0 bridgehead atoms. The van der Waals surface area contributed by atoms with Crippen LogP contribution in [0.4, 0.5) is 11.4 Å². The third-order valence-corrected chi connectivity index (χ3v) is 3.97. The molecule has 7 nitrogen and oxygen atoms in total. The highest BCUT2D eigenvalue weighted by Gasteiger charge is 2.22. The van der Waals surface area contributed by atoms with Crippen LogP contribution in [-0.2, 0) is 0 Å². The van der Waals surface area contributed by atoms with Gasteiger partial charge >= 0.3 is 0 Å². The fourth-order valence-corrected chi connectivity index (χ4v) is 2.63. The number of para-hydroxylation sites is 1. The molecule has 0 heterocycles. The lowest BCUT2D eigenvalue weighted by molar-refractivity contribution is -0.384. The number of nitro benzene ring substituents is 1. The summed E-state index contributed by atoms with van der Waals surface area (Å²) in [4.78, 5) is 10.4. The van der Waals surface area contributed by atoms with Crippen molar-refractivity contribution in [3.63, 3.8) is 0 Å². The van der Waals surface area contributed by atoms with Gasteiger partial charge in [-0.3, -0.25) is 10.1 Å². The van der Waals surface area contributed by atoms with Gasteiger partial charge in [-0.2, -0.15) is 5.26 Å². The number of anilines is 1. The zero-order valence-electron chi connectivity index (χ0n) is 14.9. The molecule has 0 aliphatic rings. The number of hydrazine groups is 1. The monoisotopic (exact) mass is 366 g/mol. The Hall–Kier alpha value is -3.37. The van der Waals surface area contributed by atoms with Crippen molar-refractivity contribution >= 4 is 11.4 Å². The lowest BCUT2D eigenvalue weighted by Gasteiger charge is -2.26. The van der Waals surface area contributed by atoms with E-state index in [2.05, 4.69) is 23.5 Å². The Kier molecular flexibility index (Phi) is 7.82. The first-order valence-electron chi connectivity index (χ1n) is 8.57. The number of non-ortho nitro benzene ring substituents is 1. The van der Waals surface area contributed by atoms with Crippen molar-refractivity contribution in [1.82, 2.24) is 5.43 Å². The van der Waals surface area contributed by atoms with E-state index in [0.717, 1.165) is 0 Å². The summed E-state index contributed by atoms with van der Waals surface area (Å²) in [7, 11) is 0. The molecule has 2 aromatic carbocycles. The Labute approximate surface area is 158 Å². The number of nitriles is 1. The minimum absolute atomic E-state index is 0.00597. The number of ether oxygens (including phenoxy) is 1. The van der Waals surface area contributed by atoms with Crippen molar-refractivity contribution in [2.24, 2.45) is 5.92 Å². The van der Waals surface area contributed by atoms with Crippen molar-refractivity contribution in [2.75, 3.05) is 12.0 Å². The number of benzene rings is 2. The zero-order chi connectivity index (χ0) is 19.5. The first-order valence-corrected chi connectivity index (χ1v) is 8.57. The van der Waals surface area contributed by atoms with Gasteiger partial charge in [0, 0.05) is 24.6 Å². The number of hydrogen-bond acceptors (Lipinski definition) is 6. The Morgan fingerprint density at radius 2 is 2.04 bits per heavy atom. The molecule has 0 saturated heterocycles. The highest BCUT2D eigenvalue weighted by Crippen LogP contribution is 2.21. The number of nitro groups is 1. The number of hydrogen-bond donors (Lipinski definition) is 2. The van der Waals surface area contributed by atoms with E-state index in [-0.39, 0.29) is 24.1 Å². The molecule has 0 aliphatic heterocycles. The van der Waals surface area contributed by atoms with E-state index in [1.807, 2.05) is 30.3 Å². The van der Waals surface area contributed by atoms with Crippen LogP contribution in [0.25, 0.3) is 0 Å². The SMILES string of the molecule is C=CCC(CNNc1cccc([N+](=O)[O-])c1)[C@@H](CC#N)Oc1ccccc1. The second-order valence-electron chi connectivity index (χ2n) is 5.93. The van der Waals surface area contributed by atoms with E-state index < -0.39 is 4.92 Å². The van der Waals surface area contributed by atoms with Crippen LogP contribution in [0.1, 0.15) is 12.8 Å². The molecule has 7 heteroatoms. The number of rotatable bonds is 11. The molecule has 27 heavy (non-hydrogen) atoms. The van der Waals surface area contributed by atoms with Crippen molar-refractivity contribution in [3.05, 3.63) is 77.4 Å². The maximum atomic E-state index is 10.9. The summed E-state index contributed by atoms with van der Waals surface area (Å²) in [6.07, 6.45) is 2.38. The molecule has 0 aromatic heterocycles. The van der Waals surface area contributed by atoms with Crippen LogP contribution in [0.3, 0.4) is 0 Å². The third-order valence-electron chi connectivity index (χ3n) is 3.97. The summed E-state index contributed by atoms with van der Waals surface area (Å²) in [5.41, 5.74) is 6.63. The van der Waals surface area contributed by atoms with Gasteiger partial charge in [0.25, 0.3) is 5.69 Å². The molecule has 0 saturated carbocycles. The van der Waals surface area contributed by atoms with E-state index in [0.29, 0.717) is 24.4 Å². The normalized spacial score (nSPS) is 12.4. The average molecular weight is 366 g/mol. The van der Waals surface area contributed by atoms with E-state index >= 15 is 0 Å². The van der Waals surface area contributed by atoms with E-state index in [1.165, 1.54) is 12.1 Å². The zero-order valence-corrected chi connectivity index (χ0v) is 14.9. The van der Waals surface area contributed by atoms with Crippen molar-refractivity contribution in [1.29, 1.82) is 5.26 Å². The Balaban J connectivity index is 1.99. The topological polar surface area (TPSA) is 100 Å². The smallest absolute Gasteiger partial charge is 0.271 e. The molecule has 0 amide bonds. The number of allylic oxidation sites excluding steroid dienone is 1. The molecule has 2 rings (SSSR count). The lowest BCUT2D eigenvalue weighted by Crippen LogP contribution is -2.37. The van der Waals surface area contributed by atoms with Gasteiger partial charge in [0.2, 0.25) is 0 Å². The molecule has 0 spiro atoms. The fraction of sp³-hybridized carbons (Fsp3) is 0.250. The minimum Gasteiger partial charge on any atom is -0.489 e. The standard InChI is InChI=1S/C20H22N4O3/c1-2-7-16(20(12-13-21)27-19-10-4-3-5-11-19)15-22-23-17-8-6-9-18(14-17)24(25)26/h2-6,8-11,14,16,20,22-23H,1,7,12,15H2/t16?,20-/m1/s1. The van der Waals surface area contributed by atoms with Gasteiger partial charge in [0.1, 0.15) is 11.9 Å². The summed E-state index contributed by atoms with van der Waals surface area (Å²) >= 11 is 0. The van der Waals surface area contributed by atoms with Crippen LogP contribution in [-0.4, -0.2) is 17.6 Å². The number of nitrogens with one attached hydrogen (secondary N) is 2. The van der Waals surface area contributed by atoms with Crippen LogP contribution in [0.15, 0.2) is 67.3 Å². The molecule has 2 atom stereocenters. The Morgan fingerprint density at radius 1 is 1.26 bits per heavy atom. The molecule has 1 unspecified atom stereocenters. The van der Waals surface area contributed by atoms with Crippen LogP contribution in [0, 0.1) is 27.4 Å².